The molecule has 0 unspecified atom stereocenters. The maximum absolute atomic E-state index is 14.2. The van der Waals surface area contributed by atoms with Crippen molar-refractivity contribution < 1.29 is 8.96 Å². The normalized spacial score (nSPS) is 12.2. The van der Waals surface area contributed by atoms with Gasteiger partial charge in [-0.2, -0.15) is 5.10 Å². The fourth-order valence-electron chi connectivity index (χ4n) is 3.84. The lowest BCUT2D eigenvalue weighted by molar-refractivity contribution is 0.588. The second kappa shape index (κ2) is 8.61. The molecule has 0 radical (unpaired) electrons. The van der Waals surface area contributed by atoms with Crippen molar-refractivity contribution in [3.63, 3.8) is 0 Å². The van der Waals surface area contributed by atoms with Crippen LogP contribution in [-0.4, -0.2) is 15.5 Å². The van der Waals surface area contributed by atoms with E-state index in [1.54, 1.807) is 23.0 Å². The van der Waals surface area contributed by atoms with Crippen molar-refractivity contribution in [2.45, 2.75) is 6.92 Å². The quantitative estimate of drug-likeness (QED) is 0.246. The minimum atomic E-state index is -3.22. The highest BCUT2D eigenvalue weighted by Crippen LogP contribution is 2.45. The molecule has 162 valence electrons. The molecule has 1 heterocycles. The summed E-state index contributed by atoms with van der Waals surface area (Å²) in [4.78, 5) is 0. The molecule has 0 bridgehead atoms. The van der Waals surface area contributed by atoms with E-state index in [9.17, 15) is 8.96 Å². The highest BCUT2D eigenvalue weighted by molar-refractivity contribution is 7.77. The molecule has 4 nitrogen and oxygen atoms in total. The van der Waals surface area contributed by atoms with E-state index in [4.69, 9.17) is 4.76 Å². The van der Waals surface area contributed by atoms with Crippen LogP contribution in [0.25, 0.3) is 16.6 Å². The topological polar surface area (TPSA) is 47.2 Å². The number of hydrogen-bond acceptors (Lipinski definition) is 2. The number of hydrogen-bond donors (Lipinski definition) is 0. The molecule has 5 rings (SSSR count). The lowest BCUT2D eigenvalue weighted by Crippen LogP contribution is -2.15. The van der Waals surface area contributed by atoms with E-state index < -0.39 is 7.29 Å². The Morgan fingerprint density at radius 2 is 1.45 bits per heavy atom. The number of nitrogens with zero attached hydrogens (tertiary/aromatic N) is 3. The summed E-state index contributed by atoms with van der Waals surface area (Å²) >= 11 is 0. The smallest absolute Gasteiger partial charge is 0.247 e. The van der Waals surface area contributed by atoms with Crippen LogP contribution < -0.4 is 10.6 Å². The third-order valence-electron chi connectivity index (χ3n) is 5.56. The zero-order valence-electron chi connectivity index (χ0n) is 18.0. The van der Waals surface area contributed by atoms with Gasteiger partial charge in [-0.1, -0.05) is 42.5 Å². The van der Waals surface area contributed by atoms with Crippen LogP contribution in [0, 0.1) is 5.82 Å². The van der Waals surface area contributed by atoms with Crippen molar-refractivity contribution in [2.75, 3.05) is 0 Å². The highest BCUT2D eigenvalue weighted by Gasteiger charge is 2.26. The van der Waals surface area contributed by atoms with Gasteiger partial charge in [0.25, 0.3) is 0 Å². The van der Waals surface area contributed by atoms with E-state index >= 15 is 0 Å². The van der Waals surface area contributed by atoms with Crippen molar-refractivity contribution in [1.82, 2.24) is 9.78 Å². The summed E-state index contributed by atoms with van der Waals surface area (Å²) in [5, 5.41) is 6.77. The SMILES string of the molecule is CC(=NP(=O)(c1ccccc1)c1ccccc1)c1ccc2c(cnn2-c2ccc(F)cc2)c1. The van der Waals surface area contributed by atoms with Crippen molar-refractivity contribution in [3.8, 4) is 5.69 Å². The van der Waals surface area contributed by atoms with Gasteiger partial charge in [-0.15, -0.1) is 0 Å². The van der Waals surface area contributed by atoms with Crippen LogP contribution in [-0.2, 0) is 4.57 Å². The van der Waals surface area contributed by atoms with Gasteiger partial charge in [0, 0.05) is 21.7 Å². The van der Waals surface area contributed by atoms with Gasteiger partial charge in [0.2, 0.25) is 7.29 Å². The minimum absolute atomic E-state index is 0.286. The third-order valence-corrected chi connectivity index (χ3v) is 8.14. The van der Waals surface area contributed by atoms with Crippen LogP contribution in [0.1, 0.15) is 12.5 Å². The Hall–Kier alpha value is -3.82. The van der Waals surface area contributed by atoms with Gasteiger partial charge in [-0.25, -0.2) is 13.8 Å². The van der Waals surface area contributed by atoms with Crippen molar-refractivity contribution in [2.24, 2.45) is 4.76 Å². The van der Waals surface area contributed by atoms with E-state index in [2.05, 4.69) is 5.10 Å². The van der Waals surface area contributed by atoms with Crippen LogP contribution in [0.4, 0.5) is 4.39 Å². The molecule has 0 aliphatic heterocycles. The molecule has 1 aromatic heterocycles. The molecule has 0 saturated carbocycles. The van der Waals surface area contributed by atoms with Crippen LogP contribution in [0.5, 0.6) is 0 Å². The molecular weight excluding hydrogens is 432 g/mol. The first-order valence-electron chi connectivity index (χ1n) is 10.6. The molecule has 33 heavy (non-hydrogen) atoms. The average molecular weight is 453 g/mol. The first kappa shape index (κ1) is 21.0. The van der Waals surface area contributed by atoms with E-state index in [1.807, 2.05) is 85.8 Å². The molecular formula is C27H21FN3OP. The van der Waals surface area contributed by atoms with Crippen LogP contribution in [0.15, 0.2) is 114 Å². The highest BCUT2D eigenvalue weighted by atomic mass is 31.2. The van der Waals surface area contributed by atoms with E-state index in [0.29, 0.717) is 16.3 Å². The summed E-state index contributed by atoms with van der Waals surface area (Å²) in [6.07, 6.45) is 1.77. The fourth-order valence-corrected chi connectivity index (χ4v) is 6.06. The van der Waals surface area contributed by atoms with Gasteiger partial charge < -0.3 is 0 Å². The molecule has 0 aliphatic carbocycles. The van der Waals surface area contributed by atoms with Gasteiger partial charge in [0.1, 0.15) is 5.82 Å². The average Bonchev–Trinajstić information content (AvgIpc) is 3.29. The minimum Gasteiger partial charge on any atom is -0.288 e. The van der Waals surface area contributed by atoms with Crippen LogP contribution in [0.3, 0.4) is 0 Å². The van der Waals surface area contributed by atoms with Crippen molar-refractivity contribution in [1.29, 1.82) is 0 Å². The summed E-state index contributed by atoms with van der Waals surface area (Å²) in [5.74, 6) is -0.286. The Morgan fingerprint density at radius 1 is 0.848 bits per heavy atom. The lowest BCUT2D eigenvalue weighted by atomic mass is 10.1. The molecule has 0 amide bonds. The zero-order chi connectivity index (χ0) is 22.8. The number of fused-ring (bicyclic) bond motifs is 1. The Labute approximate surface area is 191 Å². The number of benzene rings is 4. The van der Waals surface area contributed by atoms with E-state index in [1.165, 1.54) is 12.1 Å². The maximum atomic E-state index is 14.2. The second-order valence-electron chi connectivity index (χ2n) is 7.74. The van der Waals surface area contributed by atoms with Gasteiger partial charge in [-0.3, -0.25) is 4.57 Å². The summed E-state index contributed by atoms with van der Waals surface area (Å²) in [5.41, 5.74) is 3.23. The number of rotatable bonds is 5. The Balaban J connectivity index is 1.58. The molecule has 0 aliphatic rings. The molecule has 0 saturated heterocycles. The van der Waals surface area contributed by atoms with Gasteiger partial charge in [0.05, 0.1) is 17.4 Å². The lowest BCUT2D eigenvalue weighted by Gasteiger charge is -2.16. The number of aromatic nitrogens is 2. The van der Waals surface area contributed by atoms with E-state index in [0.717, 1.165) is 22.2 Å². The van der Waals surface area contributed by atoms with Crippen LogP contribution in [0.2, 0.25) is 0 Å². The summed E-state index contributed by atoms with van der Waals surface area (Å²) in [7, 11) is -3.22. The molecule has 6 heteroatoms. The largest absolute Gasteiger partial charge is 0.288 e. The molecule has 0 N–H and O–H groups in total. The van der Waals surface area contributed by atoms with Gasteiger partial charge in [0.15, 0.2) is 0 Å². The first-order valence-corrected chi connectivity index (χ1v) is 12.2. The van der Waals surface area contributed by atoms with Crippen molar-refractivity contribution in [3.05, 3.63) is 121 Å². The Bertz CT molecular complexity index is 1450. The monoisotopic (exact) mass is 453 g/mol. The predicted molar refractivity (Wildman–Crippen MR) is 133 cm³/mol. The number of halogens is 1. The Morgan fingerprint density at radius 3 is 2.06 bits per heavy atom. The van der Waals surface area contributed by atoms with Crippen LogP contribution >= 0.6 is 7.29 Å². The summed E-state index contributed by atoms with van der Waals surface area (Å²) < 4.78 is 34.1. The second-order valence-corrected chi connectivity index (χ2v) is 10.1. The van der Waals surface area contributed by atoms with E-state index in [-0.39, 0.29) is 5.82 Å². The molecule has 0 atom stereocenters. The first-order chi connectivity index (χ1) is 16.0. The molecule has 5 aromatic rings. The fraction of sp³-hybridized carbons (Fsp3) is 0.0370. The predicted octanol–water partition coefficient (Wildman–Crippen LogP) is 5.90. The zero-order valence-corrected chi connectivity index (χ0v) is 18.9. The summed E-state index contributed by atoms with van der Waals surface area (Å²) in [6, 6.07) is 30.9. The standard InChI is InChI=1S/C27H21FN3OP/c1-20(30-33(32,25-8-4-2-5-9-25)26-10-6-3-7-11-26)21-12-17-27-22(18-21)19-29-31(27)24-15-13-23(28)14-16-24/h2-19H,1H3. The maximum Gasteiger partial charge on any atom is 0.247 e. The summed E-state index contributed by atoms with van der Waals surface area (Å²) in [6.45, 7) is 1.88. The van der Waals surface area contributed by atoms with Crippen molar-refractivity contribution >= 4 is 34.5 Å². The van der Waals surface area contributed by atoms with Gasteiger partial charge >= 0.3 is 0 Å². The molecule has 4 aromatic carbocycles. The molecule has 0 spiro atoms. The third kappa shape index (κ3) is 4.04. The Kier molecular flexibility index (Phi) is 5.49. The molecule has 0 fully saturated rings. The van der Waals surface area contributed by atoms with Gasteiger partial charge in [-0.05, 0) is 73.2 Å².